The van der Waals surface area contributed by atoms with Crippen LogP contribution in [0.1, 0.15) is 11.4 Å². The van der Waals surface area contributed by atoms with E-state index in [0.717, 1.165) is 23.2 Å². The highest BCUT2D eigenvalue weighted by molar-refractivity contribution is 6.32. The van der Waals surface area contributed by atoms with Crippen molar-refractivity contribution < 1.29 is 9.90 Å². The van der Waals surface area contributed by atoms with Crippen LogP contribution in [0.15, 0.2) is 36.7 Å². The zero-order chi connectivity index (χ0) is 13.1. The number of halogens is 1. The van der Waals surface area contributed by atoms with E-state index in [9.17, 15) is 4.79 Å². The fraction of sp³-hybridized carbons (Fsp3) is 0.0769. The van der Waals surface area contributed by atoms with Gasteiger partial charge in [0.05, 0.1) is 10.7 Å². The van der Waals surface area contributed by atoms with Gasteiger partial charge in [-0.1, -0.05) is 23.7 Å². The van der Waals surface area contributed by atoms with Crippen molar-refractivity contribution >= 4 is 23.6 Å². The van der Waals surface area contributed by atoms with Gasteiger partial charge in [0.15, 0.2) is 0 Å². The summed E-state index contributed by atoms with van der Waals surface area (Å²) >= 11 is 6.18. The molecule has 0 aliphatic rings. The van der Waals surface area contributed by atoms with E-state index in [1.165, 1.54) is 6.08 Å². The van der Waals surface area contributed by atoms with Crippen molar-refractivity contribution in [1.29, 1.82) is 0 Å². The molecular weight excluding hydrogens is 252 g/mol. The van der Waals surface area contributed by atoms with Crippen molar-refractivity contribution in [1.82, 2.24) is 9.55 Å². The lowest BCUT2D eigenvalue weighted by molar-refractivity contribution is -0.131. The molecule has 0 amide bonds. The summed E-state index contributed by atoms with van der Waals surface area (Å²) < 4.78 is 1.82. The Labute approximate surface area is 109 Å². The number of carboxylic acid groups (broad SMARTS) is 1. The molecule has 5 heteroatoms. The predicted molar refractivity (Wildman–Crippen MR) is 70.0 cm³/mol. The molecule has 0 spiro atoms. The summed E-state index contributed by atoms with van der Waals surface area (Å²) in [4.78, 5) is 14.7. The number of imidazole rings is 1. The summed E-state index contributed by atoms with van der Waals surface area (Å²) in [7, 11) is 0. The van der Waals surface area contributed by atoms with Gasteiger partial charge in [0.25, 0.3) is 0 Å². The monoisotopic (exact) mass is 262 g/mol. The summed E-state index contributed by atoms with van der Waals surface area (Å²) in [5.74, 6) is -0.212. The number of carboxylic acids is 1. The van der Waals surface area contributed by atoms with Crippen LogP contribution in [-0.4, -0.2) is 20.6 Å². The molecule has 0 saturated carbocycles. The molecule has 1 heterocycles. The van der Waals surface area contributed by atoms with Crippen molar-refractivity contribution in [2.24, 2.45) is 0 Å². The first-order valence-corrected chi connectivity index (χ1v) is 5.67. The van der Waals surface area contributed by atoms with E-state index in [4.69, 9.17) is 16.7 Å². The molecule has 2 aromatic rings. The Morgan fingerprint density at radius 3 is 2.89 bits per heavy atom. The SMILES string of the molecule is Cc1nccn1-c1c(Cl)cccc1/C=C/C(=O)O. The highest BCUT2D eigenvalue weighted by Crippen LogP contribution is 2.26. The smallest absolute Gasteiger partial charge is 0.328 e. The van der Waals surface area contributed by atoms with Crippen molar-refractivity contribution in [2.45, 2.75) is 6.92 Å². The van der Waals surface area contributed by atoms with Gasteiger partial charge in [-0.3, -0.25) is 0 Å². The summed E-state index contributed by atoms with van der Waals surface area (Å²) in [5.41, 5.74) is 1.46. The van der Waals surface area contributed by atoms with E-state index in [1.54, 1.807) is 30.6 Å². The minimum absolute atomic E-state index is 0.545. The number of aromatic nitrogens is 2. The highest BCUT2D eigenvalue weighted by atomic mass is 35.5. The molecule has 92 valence electrons. The van der Waals surface area contributed by atoms with E-state index >= 15 is 0 Å². The van der Waals surface area contributed by atoms with E-state index in [0.29, 0.717) is 5.02 Å². The zero-order valence-corrected chi connectivity index (χ0v) is 10.4. The number of benzene rings is 1. The Bertz CT molecular complexity index is 617. The number of hydrogen-bond donors (Lipinski definition) is 1. The van der Waals surface area contributed by atoms with Crippen molar-refractivity contribution in [2.75, 3.05) is 0 Å². The second-order valence-electron chi connectivity index (χ2n) is 3.69. The average Bonchev–Trinajstić information content (AvgIpc) is 2.72. The Kier molecular flexibility index (Phi) is 3.48. The number of carbonyl (C=O) groups is 1. The van der Waals surface area contributed by atoms with Gasteiger partial charge in [0.1, 0.15) is 5.82 Å². The molecule has 0 unspecified atom stereocenters. The maximum atomic E-state index is 10.6. The lowest BCUT2D eigenvalue weighted by Crippen LogP contribution is -1.99. The van der Waals surface area contributed by atoms with Crippen LogP contribution in [-0.2, 0) is 4.79 Å². The van der Waals surface area contributed by atoms with Crippen LogP contribution < -0.4 is 0 Å². The minimum Gasteiger partial charge on any atom is -0.478 e. The predicted octanol–water partition coefficient (Wildman–Crippen LogP) is 2.93. The topological polar surface area (TPSA) is 55.1 Å². The molecule has 1 N–H and O–H groups in total. The van der Waals surface area contributed by atoms with Gasteiger partial charge in [-0.05, 0) is 19.1 Å². The fourth-order valence-corrected chi connectivity index (χ4v) is 1.97. The molecule has 4 nitrogen and oxygen atoms in total. The maximum Gasteiger partial charge on any atom is 0.328 e. The first-order valence-electron chi connectivity index (χ1n) is 5.29. The summed E-state index contributed by atoms with van der Waals surface area (Å²) in [5, 5.41) is 9.23. The second kappa shape index (κ2) is 5.06. The Hall–Kier alpha value is -2.07. The number of nitrogens with zero attached hydrogens (tertiary/aromatic N) is 2. The Morgan fingerprint density at radius 2 is 2.28 bits per heavy atom. The number of rotatable bonds is 3. The zero-order valence-electron chi connectivity index (χ0n) is 9.67. The van der Waals surface area contributed by atoms with Gasteiger partial charge in [-0.15, -0.1) is 0 Å². The lowest BCUT2D eigenvalue weighted by Gasteiger charge is -2.11. The maximum absolute atomic E-state index is 10.6. The average molecular weight is 263 g/mol. The van der Waals surface area contributed by atoms with E-state index in [-0.39, 0.29) is 0 Å². The fourth-order valence-electron chi connectivity index (χ4n) is 1.70. The third-order valence-electron chi connectivity index (χ3n) is 2.49. The van der Waals surface area contributed by atoms with Gasteiger partial charge in [-0.2, -0.15) is 0 Å². The number of aryl methyl sites for hydroxylation is 1. The highest BCUT2D eigenvalue weighted by Gasteiger charge is 2.09. The van der Waals surface area contributed by atoms with Gasteiger partial charge in [-0.25, -0.2) is 9.78 Å². The number of para-hydroxylation sites is 1. The van der Waals surface area contributed by atoms with Crippen molar-refractivity contribution in [3.05, 3.63) is 53.1 Å². The van der Waals surface area contributed by atoms with Gasteiger partial charge < -0.3 is 9.67 Å². The van der Waals surface area contributed by atoms with Crippen LogP contribution >= 0.6 is 11.6 Å². The molecule has 0 atom stereocenters. The van der Waals surface area contributed by atoms with Crippen LogP contribution in [0.3, 0.4) is 0 Å². The number of aliphatic carboxylic acids is 1. The molecule has 0 aliphatic heterocycles. The molecule has 1 aromatic carbocycles. The standard InChI is InChI=1S/C13H11ClN2O2/c1-9-15-7-8-16(9)13-10(5-6-12(17)18)3-2-4-11(13)14/h2-8H,1H3,(H,17,18)/b6-5+. The molecule has 2 rings (SSSR count). The molecule has 0 aliphatic carbocycles. The molecule has 18 heavy (non-hydrogen) atoms. The van der Waals surface area contributed by atoms with Gasteiger partial charge >= 0.3 is 5.97 Å². The van der Waals surface area contributed by atoms with Crippen LogP contribution in [0.5, 0.6) is 0 Å². The summed E-state index contributed by atoms with van der Waals surface area (Å²) in [6, 6.07) is 5.34. The van der Waals surface area contributed by atoms with Crippen LogP contribution in [0.25, 0.3) is 11.8 Å². The lowest BCUT2D eigenvalue weighted by atomic mass is 10.1. The van der Waals surface area contributed by atoms with Crippen LogP contribution in [0.2, 0.25) is 5.02 Å². The first-order chi connectivity index (χ1) is 8.59. The van der Waals surface area contributed by atoms with Gasteiger partial charge in [0, 0.05) is 24.0 Å². The van der Waals surface area contributed by atoms with Crippen LogP contribution in [0.4, 0.5) is 0 Å². The molecule has 0 radical (unpaired) electrons. The first kappa shape index (κ1) is 12.4. The minimum atomic E-state index is -0.997. The molecule has 0 bridgehead atoms. The van der Waals surface area contributed by atoms with E-state index in [2.05, 4.69) is 4.98 Å². The van der Waals surface area contributed by atoms with E-state index in [1.807, 2.05) is 11.5 Å². The van der Waals surface area contributed by atoms with Gasteiger partial charge in [0.2, 0.25) is 0 Å². The largest absolute Gasteiger partial charge is 0.478 e. The van der Waals surface area contributed by atoms with Crippen molar-refractivity contribution in [3.8, 4) is 5.69 Å². The second-order valence-corrected chi connectivity index (χ2v) is 4.10. The summed E-state index contributed by atoms with van der Waals surface area (Å²) in [6.45, 7) is 1.86. The Morgan fingerprint density at radius 1 is 1.50 bits per heavy atom. The quantitative estimate of drug-likeness (QED) is 0.866. The molecular formula is C13H11ClN2O2. The third kappa shape index (κ3) is 2.43. The van der Waals surface area contributed by atoms with Crippen molar-refractivity contribution in [3.63, 3.8) is 0 Å². The van der Waals surface area contributed by atoms with E-state index < -0.39 is 5.97 Å². The number of hydrogen-bond acceptors (Lipinski definition) is 2. The molecule has 1 aromatic heterocycles. The summed E-state index contributed by atoms with van der Waals surface area (Å²) in [6.07, 6.45) is 6.06. The third-order valence-corrected chi connectivity index (χ3v) is 2.80. The normalized spacial score (nSPS) is 11.0. The Balaban J connectivity index is 2.59. The molecule has 0 fully saturated rings. The van der Waals surface area contributed by atoms with Crippen LogP contribution in [0, 0.1) is 6.92 Å². The molecule has 0 saturated heterocycles.